The molecule has 0 atom stereocenters. The summed E-state index contributed by atoms with van der Waals surface area (Å²) in [6, 6.07) is 6.88. The van der Waals surface area contributed by atoms with Gasteiger partial charge in [-0.2, -0.15) is 0 Å². The number of thiophene rings is 1. The smallest absolute Gasteiger partial charge is 0.349 e. The Kier molecular flexibility index (Phi) is 6.98. The number of carboxylic acid groups (broad SMARTS) is 2. The van der Waals surface area contributed by atoms with Crippen LogP contribution in [0.25, 0.3) is 10.4 Å². The van der Waals surface area contributed by atoms with Crippen LogP contribution in [0.15, 0.2) is 28.7 Å². The Hall–Kier alpha value is -1.95. The molecule has 0 radical (unpaired) electrons. The van der Waals surface area contributed by atoms with Crippen molar-refractivity contribution in [1.82, 2.24) is 4.72 Å². The quantitative estimate of drug-likeness (QED) is 0.505. The number of hydrogen-bond donors (Lipinski definition) is 3. The molecule has 0 aliphatic rings. The van der Waals surface area contributed by atoms with Crippen LogP contribution in [-0.4, -0.2) is 42.9 Å². The summed E-state index contributed by atoms with van der Waals surface area (Å²) < 4.78 is 30.9. The fourth-order valence-corrected chi connectivity index (χ4v) is 4.54. The molecular formula is C16H16BrNO7S2. The van der Waals surface area contributed by atoms with Gasteiger partial charge >= 0.3 is 11.9 Å². The zero-order chi connectivity index (χ0) is 20.2. The van der Waals surface area contributed by atoms with E-state index < -0.39 is 28.6 Å². The van der Waals surface area contributed by atoms with Gasteiger partial charge < -0.3 is 14.9 Å². The van der Waals surface area contributed by atoms with Crippen molar-refractivity contribution in [2.75, 3.05) is 12.4 Å². The van der Waals surface area contributed by atoms with Gasteiger partial charge in [-0.05, 0) is 34.0 Å². The molecule has 2 aromatic rings. The second kappa shape index (κ2) is 8.83. The molecule has 0 fully saturated rings. The van der Waals surface area contributed by atoms with E-state index >= 15 is 0 Å². The first-order chi connectivity index (χ1) is 12.6. The molecule has 3 N–H and O–H groups in total. The maximum atomic E-state index is 11.5. The summed E-state index contributed by atoms with van der Waals surface area (Å²) in [7, 11) is -3.30. The Bertz CT molecular complexity index is 952. The van der Waals surface area contributed by atoms with E-state index in [1.54, 1.807) is 31.2 Å². The minimum atomic E-state index is -3.30. The van der Waals surface area contributed by atoms with Gasteiger partial charge in [0.1, 0.15) is 0 Å². The Morgan fingerprint density at radius 1 is 1.22 bits per heavy atom. The summed E-state index contributed by atoms with van der Waals surface area (Å²) in [6.07, 6.45) is 0. The van der Waals surface area contributed by atoms with E-state index in [1.165, 1.54) is 0 Å². The third-order valence-corrected chi connectivity index (χ3v) is 7.01. The van der Waals surface area contributed by atoms with Gasteiger partial charge in [-0.25, -0.2) is 22.7 Å². The number of rotatable bonds is 9. The van der Waals surface area contributed by atoms with Crippen LogP contribution in [0.3, 0.4) is 0 Å². The van der Waals surface area contributed by atoms with Gasteiger partial charge in [-0.3, -0.25) is 0 Å². The van der Waals surface area contributed by atoms with Crippen LogP contribution >= 0.6 is 27.3 Å². The van der Waals surface area contributed by atoms with Crippen LogP contribution in [0.5, 0.6) is 5.75 Å². The van der Waals surface area contributed by atoms with E-state index in [1.807, 2.05) is 0 Å². The first kappa shape index (κ1) is 21.4. The van der Waals surface area contributed by atoms with Gasteiger partial charge in [0.25, 0.3) is 0 Å². The Morgan fingerprint density at radius 2 is 1.85 bits per heavy atom. The molecular weight excluding hydrogens is 462 g/mol. The summed E-state index contributed by atoms with van der Waals surface area (Å²) in [4.78, 5) is 22.6. The summed E-state index contributed by atoms with van der Waals surface area (Å²) >= 11 is 4.23. The summed E-state index contributed by atoms with van der Waals surface area (Å²) in [6.45, 7) is 1.03. The summed E-state index contributed by atoms with van der Waals surface area (Å²) in [5, 5.41) is 18.1. The van der Waals surface area contributed by atoms with Gasteiger partial charge in [0, 0.05) is 6.54 Å². The van der Waals surface area contributed by atoms with Crippen molar-refractivity contribution in [3.8, 4) is 16.2 Å². The lowest BCUT2D eigenvalue weighted by atomic mass is 10.1. The minimum absolute atomic E-state index is 0.00961. The van der Waals surface area contributed by atoms with Crippen molar-refractivity contribution in [2.24, 2.45) is 0 Å². The zero-order valence-electron chi connectivity index (χ0n) is 14.1. The molecule has 0 saturated heterocycles. The number of aromatic carboxylic acids is 1. The molecule has 1 heterocycles. The number of nitrogens with one attached hydrogen (secondary N) is 1. The van der Waals surface area contributed by atoms with Gasteiger partial charge in [0.2, 0.25) is 10.0 Å². The first-order valence-corrected chi connectivity index (χ1v) is 10.9. The van der Waals surface area contributed by atoms with E-state index in [0.29, 0.717) is 14.9 Å². The molecule has 8 nitrogen and oxygen atoms in total. The lowest BCUT2D eigenvalue weighted by Crippen LogP contribution is -2.24. The number of aliphatic carboxylic acids is 1. The van der Waals surface area contributed by atoms with Crippen LogP contribution < -0.4 is 9.46 Å². The minimum Gasteiger partial charge on any atom is -0.479 e. The highest BCUT2D eigenvalue weighted by Gasteiger charge is 2.24. The predicted molar refractivity (Wildman–Crippen MR) is 104 cm³/mol. The van der Waals surface area contributed by atoms with Gasteiger partial charge in [0.15, 0.2) is 17.2 Å². The number of benzene rings is 1. The van der Waals surface area contributed by atoms with Gasteiger partial charge in [0.05, 0.1) is 15.1 Å². The molecule has 2 rings (SSSR count). The lowest BCUT2D eigenvalue weighted by molar-refractivity contribution is -0.139. The van der Waals surface area contributed by atoms with E-state index in [-0.39, 0.29) is 22.9 Å². The monoisotopic (exact) mass is 477 g/mol. The largest absolute Gasteiger partial charge is 0.479 e. The number of carbonyl (C=O) groups is 2. The van der Waals surface area contributed by atoms with E-state index in [2.05, 4.69) is 20.7 Å². The van der Waals surface area contributed by atoms with Crippen LogP contribution in [0.2, 0.25) is 0 Å². The predicted octanol–water partition coefficient (Wildman–Crippen LogP) is 2.78. The molecule has 1 aromatic carbocycles. The number of sulfonamides is 1. The SMILES string of the molecule is CCS(=O)(=O)NCc1ccc(-c2sc(C(=O)O)c(OCC(=O)O)c2Br)cc1. The topological polar surface area (TPSA) is 130 Å². The summed E-state index contributed by atoms with van der Waals surface area (Å²) in [5.41, 5.74) is 1.42. The van der Waals surface area contributed by atoms with Gasteiger partial charge in [-0.15, -0.1) is 11.3 Å². The maximum Gasteiger partial charge on any atom is 0.349 e. The van der Waals surface area contributed by atoms with Crippen molar-refractivity contribution in [2.45, 2.75) is 13.5 Å². The number of carboxylic acids is 2. The molecule has 146 valence electrons. The van der Waals surface area contributed by atoms with E-state index in [9.17, 15) is 23.1 Å². The highest BCUT2D eigenvalue weighted by atomic mass is 79.9. The number of halogens is 1. The van der Waals surface area contributed by atoms with Crippen molar-refractivity contribution in [3.63, 3.8) is 0 Å². The number of hydrogen-bond acceptors (Lipinski definition) is 6. The molecule has 0 bridgehead atoms. The van der Waals surface area contributed by atoms with Crippen molar-refractivity contribution in [1.29, 1.82) is 0 Å². The Morgan fingerprint density at radius 3 is 2.37 bits per heavy atom. The second-order valence-electron chi connectivity index (χ2n) is 5.31. The fraction of sp³-hybridized carbons (Fsp3) is 0.250. The summed E-state index contributed by atoms with van der Waals surface area (Å²) in [5.74, 6) is -2.49. The van der Waals surface area contributed by atoms with E-state index in [4.69, 9.17) is 9.84 Å². The zero-order valence-corrected chi connectivity index (χ0v) is 17.3. The average molecular weight is 478 g/mol. The molecule has 1 aromatic heterocycles. The lowest BCUT2D eigenvalue weighted by Gasteiger charge is -2.06. The van der Waals surface area contributed by atoms with E-state index in [0.717, 1.165) is 16.9 Å². The van der Waals surface area contributed by atoms with Crippen LogP contribution in [0.4, 0.5) is 0 Å². The Labute approximate surface area is 168 Å². The van der Waals surface area contributed by atoms with Crippen LogP contribution in [-0.2, 0) is 21.4 Å². The molecule has 0 saturated carbocycles. The first-order valence-electron chi connectivity index (χ1n) is 7.61. The molecule has 11 heteroatoms. The maximum absolute atomic E-state index is 11.5. The molecule has 0 unspecified atom stereocenters. The number of ether oxygens (including phenoxy) is 1. The van der Waals surface area contributed by atoms with Crippen LogP contribution in [0, 0.1) is 0 Å². The average Bonchev–Trinajstić information content (AvgIpc) is 2.95. The van der Waals surface area contributed by atoms with Crippen molar-refractivity contribution >= 4 is 49.2 Å². The molecule has 27 heavy (non-hydrogen) atoms. The van der Waals surface area contributed by atoms with Crippen molar-refractivity contribution < 1.29 is 33.0 Å². The highest BCUT2D eigenvalue weighted by molar-refractivity contribution is 9.10. The molecule has 0 spiro atoms. The third-order valence-electron chi connectivity index (χ3n) is 3.44. The Balaban J connectivity index is 2.28. The molecule has 0 aliphatic carbocycles. The standard InChI is InChI=1S/C16H16BrNO7S2/c1-2-27(23,24)18-7-9-3-5-10(6-4-9)14-12(17)13(25-8-11(19)20)15(26-14)16(21)22/h3-6,18H,2,7-8H2,1H3,(H,19,20)(H,21,22). The van der Waals surface area contributed by atoms with Crippen LogP contribution in [0.1, 0.15) is 22.2 Å². The normalized spacial score (nSPS) is 11.3. The molecule has 0 aliphatic heterocycles. The fourth-order valence-electron chi connectivity index (χ4n) is 2.05. The van der Waals surface area contributed by atoms with Gasteiger partial charge in [-0.1, -0.05) is 24.3 Å². The molecule has 0 amide bonds. The highest BCUT2D eigenvalue weighted by Crippen LogP contribution is 2.45. The third kappa shape index (κ3) is 5.51. The van der Waals surface area contributed by atoms with Crippen molar-refractivity contribution in [3.05, 3.63) is 39.2 Å². The second-order valence-corrected chi connectivity index (χ2v) is 9.22.